The number of aryl methyl sites for hydroxylation is 1. The van der Waals surface area contributed by atoms with Gasteiger partial charge in [0.2, 0.25) is 11.6 Å². The summed E-state index contributed by atoms with van der Waals surface area (Å²) in [6.07, 6.45) is 6.31. The van der Waals surface area contributed by atoms with Crippen LogP contribution in [-0.4, -0.2) is 26.6 Å². The molecule has 16 heavy (non-hydrogen) atoms. The van der Waals surface area contributed by atoms with Crippen LogP contribution in [0.4, 0.5) is 0 Å². The lowest BCUT2D eigenvalue weighted by Crippen LogP contribution is -2.27. The number of hydrogen-bond acceptors (Lipinski definition) is 4. The van der Waals surface area contributed by atoms with Crippen LogP contribution in [0.2, 0.25) is 0 Å². The quantitative estimate of drug-likeness (QED) is 0.771. The Morgan fingerprint density at radius 1 is 1.50 bits per heavy atom. The van der Waals surface area contributed by atoms with Gasteiger partial charge in [0, 0.05) is 19.5 Å². The van der Waals surface area contributed by atoms with Gasteiger partial charge in [-0.2, -0.15) is 0 Å². The maximum atomic E-state index is 11.8. The summed E-state index contributed by atoms with van der Waals surface area (Å²) >= 11 is 0. The number of Topliss-reactive ketones (excluding diaryl/α,β-unsaturated/α-hetero) is 1. The van der Waals surface area contributed by atoms with Crippen molar-refractivity contribution >= 4 is 5.78 Å². The Balaban J connectivity index is 1.88. The molecule has 0 amide bonds. The van der Waals surface area contributed by atoms with Gasteiger partial charge in [-0.05, 0) is 31.6 Å². The summed E-state index contributed by atoms with van der Waals surface area (Å²) in [7, 11) is 1.77. The van der Waals surface area contributed by atoms with E-state index in [2.05, 4.69) is 10.1 Å². The molecule has 0 atom stereocenters. The lowest BCUT2D eigenvalue weighted by atomic mass is 9.83. The number of hydrogen-bond donors (Lipinski definition) is 1. The van der Waals surface area contributed by atoms with Crippen LogP contribution in [0.25, 0.3) is 0 Å². The average molecular weight is 222 g/mol. The van der Waals surface area contributed by atoms with Gasteiger partial charge in [0.25, 0.3) is 0 Å². The van der Waals surface area contributed by atoms with Gasteiger partial charge in [0.05, 0.1) is 0 Å². The minimum Gasteiger partial charge on any atom is -0.328 e. The minimum absolute atomic E-state index is 0.0565. The topological polar surface area (TPSA) is 73.8 Å². The van der Waals surface area contributed by atoms with E-state index in [4.69, 9.17) is 5.73 Å². The molecule has 1 saturated carbocycles. The van der Waals surface area contributed by atoms with Gasteiger partial charge in [-0.15, -0.1) is 5.10 Å². The summed E-state index contributed by atoms with van der Waals surface area (Å²) in [6, 6.07) is 0.333. The first kappa shape index (κ1) is 11.3. The molecule has 1 fully saturated rings. The molecule has 2 rings (SSSR count). The van der Waals surface area contributed by atoms with Gasteiger partial charge in [0.15, 0.2) is 0 Å². The van der Waals surface area contributed by atoms with E-state index in [1.165, 1.54) is 0 Å². The third-order valence-corrected chi connectivity index (χ3v) is 3.21. The van der Waals surface area contributed by atoms with Crippen LogP contribution in [0, 0.1) is 5.92 Å². The molecule has 1 aromatic rings. The number of nitrogens with zero attached hydrogens (tertiary/aromatic N) is 3. The molecule has 0 spiro atoms. The average Bonchev–Trinajstić information content (AvgIpc) is 2.68. The fraction of sp³-hybridized carbons (Fsp3) is 0.727. The summed E-state index contributed by atoms with van der Waals surface area (Å²) in [5, 5.41) is 4.02. The van der Waals surface area contributed by atoms with Crippen molar-refractivity contribution in [2.75, 3.05) is 0 Å². The number of rotatable bonds is 3. The van der Waals surface area contributed by atoms with Crippen molar-refractivity contribution in [3.05, 3.63) is 12.2 Å². The van der Waals surface area contributed by atoms with Crippen molar-refractivity contribution in [1.82, 2.24) is 14.8 Å². The molecule has 88 valence electrons. The van der Waals surface area contributed by atoms with Crippen molar-refractivity contribution in [2.45, 2.75) is 38.1 Å². The van der Waals surface area contributed by atoms with E-state index in [1.54, 1.807) is 18.1 Å². The highest BCUT2D eigenvalue weighted by Crippen LogP contribution is 2.26. The maximum Gasteiger partial charge on any atom is 0.217 e. The Morgan fingerprint density at radius 2 is 2.19 bits per heavy atom. The zero-order chi connectivity index (χ0) is 11.5. The Bertz CT molecular complexity index is 366. The van der Waals surface area contributed by atoms with E-state index >= 15 is 0 Å². The molecular formula is C11H18N4O. The molecule has 1 aromatic heterocycles. The van der Waals surface area contributed by atoms with Gasteiger partial charge >= 0.3 is 0 Å². The third-order valence-electron chi connectivity index (χ3n) is 3.21. The molecule has 1 heterocycles. The predicted molar refractivity (Wildman–Crippen MR) is 59.9 cm³/mol. The van der Waals surface area contributed by atoms with Crippen molar-refractivity contribution in [3.63, 3.8) is 0 Å². The zero-order valence-corrected chi connectivity index (χ0v) is 9.59. The summed E-state index contributed by atoms with van der Waals surface area (Å²) in [5.41, 5.74) is 5.83. The number of ketones is 1. The second-order valence-corrected chi connectivity index (χ2v) is 4.65. The summed E-state index contributed by atoms with van der Waals surface area (Å²) in [5.74, 6) is 0.870. The van der Waals surface area contributed by atoms with E-state index < -0.39 is 0 Å². The lowest BCUT2D eigenvalue weighted by molar-refractivity contribution is 0.0937. The standard InChI is InChI=1S/C11H18N4O/c1-15-7-13-11(14-15)10(16)6-8-2-4-9(12)5-3-8/h7-9H,2-6,12H2,1H3. The van der Waals surface area contributed by atoms with E-state index in [1.807, 2.05) is 0 Å². The fourth-order valence-electron chi connectivity index (χ4n) is 2.21. The Kier molecular flexibility index (Phi) is 3.33. The van der Waals surface area contributed by atoms with Gasteiger partial charge in [-0.1, -0.05) is 0 Å². The van der Waals surface area contributed by atoms with Crippen LogP contribution in [0.5, 0.6) is 0 Å². The SMILES string of the molecule is Cn1cnc(C(=O)CC2CCC(N)CC2)n1. The van der Waals surface area contributed by atoms with Gasteiger partial charge in [-0.3, -0.25) is 9.48 Å². The molecule has 1 aliphatic rings. The molecule has 1 aliphatic carbocycles. The first-order valence-corrected chi connectivity index (χ1v) is 5.79. The number of aromatic nitrogens is 3. The first-order valence-electron chi connectivity index (χ1n) is 5.79. The molecule has 0 bridgehead atoms. The largest absolute Gasteiger partial charge is 0.328 e. The third kappa shape index (κ3) is 2.66. The van der Waals surface area contributed by atoms with Crippen LogP contribution in [0.3, 0.4) is 0 Å². The van der Waals surface area contributed by atoms with Crippen LogP contribution in [0.1, 0.15) is 42.7 Å². The van der Waals surface area contributed by atoms with E-state index in [0.717, 1.165) is 25.7 Å². The monoisotopic (exact) mass is 222 g/mol. The van der Waals surface area contributed by atoms with Crippen LogP contribution >= 0.6 is 0 Å². The summed E-state index contributed by atoms with van der Waals surface area (Å²) in [4.78, 5) is 15.8. The minimum atomic E-state index is 0.0565. The zero-order valence-electron chi connectivity index (χ0n) is 9.59. The van der Waals surface area contributed by atoms with E-state index in [-0.39, 0.29) is 5.78 Å². The lowest BCUT2D eigenvalue weighted by Gasteiger charge is -2.25. The van der Waals surface area contributed by atoms with Crippen molar-refractivity contribution in [2.24, 2.45) is 18.7 Å². The normalized spacial score (nSPS) is 25.6. The fourth-order valence-corrected chi connectivity index (χ4v) is 2.21. The first-order chi connectivity index (χ1) is 7.65. The molecule has 5 heteroatoms. The smallest absolute Gasteiger partial charge is 0.217 e. The number of nitrogens with two attached hydrogens (primary N) is 1. The molecule has 5 nitrogen and oxygen atoms in total. The second kappa shape index (κ2) is 4.74. The molecule has 0 radical (unpaired) electrons. The number of carbonyl (C=O) groups excluding carboxylic acids is 1. The Labute approximate surface area is 95.0 Å². The van der Waals surface area contributed by atoms with Gasteiger partial charge in [-0.25, -0.2) is 4.98 Å². The van der Waals surface area contributed by atoms with Crippen LogP contribution < -0.4 is 5.73 Å². The van der Waals surface area contributed by atoms with Gasteiger partial charge < -0.3 is 5.73 Å². The highest BCUT2D eigenvalue weighted by Gasteiger charge is 2.22. The molecule has 0 aliphatic heterocycles. The molecule has 0 saturated heterocycles. The summed E-state index contributed by atoms with van der Waals surface area (Å²) in [6.45, 7) is 0. The highest BCUT2D eigenvalue weighted by atomic mass is 16.1. The van der Waals surface area contributed by atoms with Crippen LogP contribution in [-0.2, 0) is 7.05 Å². The van der Waals surface area contributed by atoms with Crippen LogP contribution in [0.15, 0.2) is 6.33 Å². The maximum absolute atomic E-state index is 11.8. The van der Waals surface area contributed by atoms with Crippen molar-refractivity contribution in [1.29, 1.82) is 0 Å². The highest BCUT2D eigenvalue weighted by molar-refractivity contribution is 5.92. The Hall–Kier alpha value is -1.23. The molecule has 0 unspecified atom stereocenters. The summed E-state index contributed by atoms with van der Waals surface area (Å²) < 4.78 is 1.56. The molecule has 2 N–H and O–H groups in total. The van der Waals surface area contributed by atoms with E-state index in [0.29, 0.717) is 24.2 Å². The van der Waals surface area contributed by atoms with Gasteiger partial charge in [0.1, 0.15) is 6.33 Å². The predicted octanol–water partition coefficient (Wildman–Crippen LogP) is 0.905. The molecular weight excluding hydrogens is 204 g/mol. The Morgan fingerprint density at radius 3 is 2.75 bits per heavy atom. The van der Waals surface area contributed by atoms with E-state index in [9.17, 15) is 4.79 Å². The molecule has 0 aromatic carbocycles. The van der Waals surface area contributed by atoms with Crippen molar-refractivity contribution in [3.8, 4) is 0 Å². The number of carbonyl (C=O) groups is 1. The van der Waals surface area contributed by atoms with Crippen molar-refractivity contribution < 1.29 is 4.79 Å². The second-order valence-electron chi connectivity index (χ2n) is 4.65.